The molecule has 2 aliphatic heterocycles. The first-order valence-electron chi connectivity index (χ1n) is 11.4. The first-order chi connectivity index (χ1) is 16.4. The highest BCUT2D eigenvalue weighted by Gasteiger charge is 2.57. The van der Waals surface area contributed by atoms with Crippen LogP contribution in [-0.4, -0.2) is 48.3 Å². The van der Waals surface area contributed by atoms with Gasteiger partial charge in [0.2, 0.25) is 5.54 Å². The Bertz CT molecular complexity index is 1200. The van der Waals surface area contributed by atoms with E-state index in [4.69, 9.17) is 11.6 Å². The Morgan fingerprint density at radius 3 is 2.38 bits per heavy atom. The number of rotatable bonds is 3. The first kappa shape index (κ1) is 22.4. The monoisotopic (exact) mass is 478 g/mol. The van der Waals surface area contributed by atoms with Crippen molar-refractivity contribution in [3.05, 3.63) is 76.2 Å². The van der Waals surface area contributed by atoms with E-state index in [9.17, 15) is 19.2 Å². The number of Topliss-reactive ketones (excluding diaryl/α,β-unsaturated/α-hetero) is 1. The highest BCUT2D eigenvalue weighted by atomic mass is 35.5. The molecule has 1 saturated heterocycles. The Hall–Kier alpha value is -3.37. The van der Waals surface area contributed by atoms with Gasteiger partial charge in [0.25, 0.3) is 5.91 Å². The summed E-state index contributed by atoms with van der Waals surface area (Å²) in [6.07, 6.45) is 1.75. The molecule has 1 amide bonds. The minimum absolute atomic E-state index is 0.0141. The summed E-state index contributed by atoms with van der Waals surface area (Å²) in [5.74, 6) is -1.32. The van der Waals surface area contributed by atoms with Crippen LogP contribution in [0.3, 0.4) is 0 Å². The van der Waals surface area contributed by atoms with Crippen molar-refractivity contribution in [3.63, 3.8) is 0 Å². The quantitative estimate of drug-likeness (QED) is 0.726. The summed E-state index contributed by atoms with van der Waals surface area (Å²) >= 11 is 6.09. The zero-order valence-electron chi connectivity index (χ0n) is 18.6. The topological polar surface area (TPSA) is 76.4 Å². The molecule has 1 fully saturated rings. The molecule has 0 bridgehead atoms. The number of nitrogens with one attached hydrogen (secondary N) is 1. The number of hydrogen-bond acceptors (Lipinski definition) is 5. The van der Waals surface area contributed by atoms with Crippen molar-refractivity contribution in [3.8, 4) is 6.07 Å². The number of allylic oxidation sites excluding steroid dienone is 1. The Balaban J connectivity index is 1.44. The lowest BCUT2D eigenvalue weighted by molar-refractivity contribution is -0.136. The van der Waals surface area contributed by atoms with Crippen LogP contribution >= 0.6 is 11.6 Å². The second-order valence-electron chi connectivity index (χ2n) is 8.95. The van der Waals surface area contributed by atoms with E-state index < -0.39 is 11.5 Å². The Morgan fingerprint density at radius 1 is 1.06 bits per heavy atom. The van der Waals surface area contributed by atoms with Crippen molar-refractivity contribution in [2.24, 2.45) is 0 Å². The molecule has 0 spiro atoms. The number of amides is 1. The van der Waals surface area contributed by atoms with Gasteiger partial charge in [0.15, 0.2) is 5.78 Å². The molecular weight excluding hydrogens is 455 g/mol. The SMILES string of the molecule is N#CC1(C(=O)N2CCN(c3ccc(F)cc3)CC2)NC2=C(C(=O)CCC2)C1c1ccc(Cl)cc1. The van der Waals surface area contributed by atoms with Crippen molar-refractivity contribution >= 4 is 29.0 Å². The lowest BCUT2D eigenvalue weighted by atomic mass is 9.74. The predicted octanol–water partition coefficient (Wildman–Crippen LogP) is 3.78. The van der Waals surface area contributed by atoms with Crippen LogP contribution in [0.5, 0.6) is 0 Å². The predicted molar refractivity (Wildman–Crippen MR) is 127 cm³/mol. The van der Waals surface area contributed by atoms with Gasteiger partial charge < -0.3 is 15.1 Å². The molecule has 0 radical (unpaired) electrons. The van der Waals surface area contributed by atoms with Gasteiger partial charge >= 0.3 is 0 Å². The van der Waals surface area contributed by atoms with Crippen LogP contribution in [0.15, 0.2) is 59.8 Å². The number of anilines is 1. The average molecular weight is 479 g/mol. The molecule has 2 heterocycles. The second kappa shape index (κ2) is 8.77. The summed E-state index contributed by atoms with van der Waals surface area (Å²) in [6, 6.07) is 15.6. The Morgan fingerprint density at radius 2 is 1.74 bits per heavy atom. The number of ketones is 1. The van der Waals surface area contributed by atoms with Crippen LogP contribution < -0.4 is 10.2 Å². The van der Waals surface area contributed by atoms with Gasteiger partial charge in [-0.15, -0.1) is 0 Å². The van der Waals surface area contributed by atoms with Crippen LogP contribution in [-0.2, 0) is 9.59 Å². The smallest absolute Gasteiger partial charge is 0.264 e. The zero-order chi connectivity index (χ0) is 23.9. The highest BCUT2D eigenvalue weighted by molar-refractivity contribution is 6.30. The van der Waals surface area contributed by atoms with E-state index >= 15 is 0 Å². The molecular formula is C26H24ClFN4O2. The molecule has 6 nitrogen and oxygen atoms in total. The molecule has 3 aliphatic rings. The fraction of sp³-hybridized carbons (Fsp3) is 0.346. The van der Waals surface area contributed by atoms with Crippen molar-refractivity contribution in [2.45, 2.75) is 30.7 Å². The van der Waals surface area contributed by atoms with Crippen LogP contribution in [0.4, 0.5) is 10.1 Å². The summed E-state index contributed by atoms with van der Waals surface area (Å²) < 4.78 is 13.3. The summed E-state index contributed by atoms with van der Waals surface area (Å²) in [7, 11) is 0. The maximum atomic E-state index is 14.0. The maximum Gasteiger partial charge on any atom is 0.264 e. The van der Waals surface area contributed by atoms with Crippen molar-refractivity contribution < 1.29 is 14.0 Å². The Kier molecular flexibility index (Phi) is 5.78. The molecule has 174 valence electrons. The van der Waals surface area contributed by atoms with Crippen LogP contribution in [0.25, 0.3) is 0 Å². The number of nitriles is 1. The van der Waals surface area contributed by atoms with E-state index in [2.05, 4.69) is 16.3 Å². The minimum Gasteiger partial charge on any atom is -0.368 e. The molecule has 2 aromatic rings. The van der Waals surface area contributed by atoms with Gasteiger partial charge in [0.1, 0.15) is 11.9 Å². The molecule has 2 unspecified atom stereocenters. The Labute approximate surface area is 202 Å². The fourth-order valence-electron chi connectivity index (χ4n) is 5.31. The van der Waals surface area contributed by atoms with Crippen LogP contribution in [0.1, 0.15) is 30.7 Å². The molecule has 2 aromatic carbocycles. The molecule has 0 aromatic heterocycles. The summed E-state index contributed by atoms with van der Waals surface area (Å²) in [5.41, 5.74) is 1.28. The average Bonchev–Trinajstić information content (AvgIpc) is 3.21. The van der Waals surface area contributed by atoms with E-state index in [1.165, 1.54) is 12.1 Å². The molecule has 34 heavy (non-hydrogen) atoms. The van der Waals surface area contributed by atoms with Crippen LogP contribution in [0.2, 0.25) is 5.02 Å². The maximum absolute atomic E-state index is 14.0. The normalized spacial score (nSPS) is 24.5. The zero-order valence-corrected chi connectivity index (χ0v) is 19.3. The van der Waals surface area contributed by atoms with Gasteiger partial charge in [0.05, 0.1) is 5.92 Å². The van der Waals surface area contributed by atoms with Crippen molar-refractivity contribution in [2.75, 3.05) is 31.1 Å². The molecule has 1 N–H and O–H groups in total. The lowest BCUT2D eigenvalue weighted by Crippen LogP contribution is -2.61. The molecule has 1 aliphatic carbocycles. The van der Waals surface area contributed by atoms with Gasteiger partial charge in [-0.2, -0.15) is 5.26 Å². The first-order valence-corrected chi connectivity index (χ1v) is 11.8. The largest absolute Gasteiger partial charge is 0.368 e. The molecule has 8 heteroatoms. The van der Waals surface area contributed by atoms with Gasteiger partial charge in [-0.25, -0.2) is 4.39 Å². The van der Waals surface area contributed by atoms with E-state index in [1.54, 1.807) is 41.3 Å². The number of benzene rings is 2. The number of carbonyl (C=O) groups excluding carboxylic acids is 2. The highest BCUT2D eigenvalue weighted by Crippen LogP contribution is 2.47. The van der Waals surface area contributed by atoms with E-state index in [0.717, 1.165) is 11.3 Å². The van der Waals surface area contributed by atoms with Gasteiger partial charge in [-0.3, -0.25) is 9.59 Å². The molecule has 0 saturated carbocycles. The van der Waals surface area contributed by atoms with Crippen LogP contribution in [0, 0.1) is 17.1 Å². The summed E-state index contributed by atoms with van der Waals surface area (Å²) in [5, 5.41) is 14.2. The second-order valence-corrected chi connectivity index (χ2v) is 9.39. The molecule has 2 atom stereocenters. The summed E-state index contributed by atoms with van der Waals surface area (Å²) in [6.45, 7) is 1.98. The number of halogens is 2. The third-order valence-electron chi connectivity index (χ3n) is 7.00. The minimum atomic E-state index is -1.59. The lowest BCUT2D eigenvalue weighted by Gasteiger charge is -2.40. The third kappa shape index (κ3) is 3.72. The van der Waals surface area contributed by atoms with Gasteiger partial charge in [-0.05, 0) is 54.8 Å². The third-order valence-corrected chi connectivity index (χ3v) is 7.25. The number of hydrogen-bond donors (Lipinski definition) is 1. The standard InChI is InChI=1S/C26H24ClFN4O2/c27-18-6-4-17(5-7-18)24-23-21(2-1-3-22(23)33)30-26(24,16-29)25(34)32-14-12-31(13-15-32)20-10-8-19(28)9-11-20/h4-11,24,30H,1-3,12-15H2. The van der Waals surface area contributed by atoms with E-state index in [-0.39, 0.29) is 17.5 Å². The van der Waals surface area contributed by atoms with E-state index in [1.807, 2.05) is 0 Å². The summed E-state index contributed by atoms with van der Waals surface area (Å²) in [4.78, 5) is 30.7. The fourth-order valence-corrected chi connectivity index (χ4v) is 5.44. The van der Waals surface area contributed by atoms with E-state index in [0.29, 0.717) is 61.7 Å². The molecule has 5 rings (SSSR count). The van der Waals surface area contributed by atoms with Gasteiger partial charge in [-0.1, -0.05) is 23.7 Å². The van der Waals surface area contributed by atoms with Crippen molar-refractivity contribution in [1.29, 1.82) is 5.26 Å². The number of nitrogens with zero attached hydrogens (tertiary/aromatic N) is 3. The van der Waals surface area contributed by atoms with Gasteiger partial charge in [0, 0.05) is 54.6 Å². The number of carbonyl (C=O) groups is 2. The van der Waals surface area contributed by atoms with Crippen molar-refractivity contribution in [1.82, 2.24) is 10.2 Å². The number of piperazine rings is 1.